The van der Waals surface area contributed by atoms with Crippen molar-refractivity contribution >= 4 is 17.7 Å². The Bertz CT molecular complexity index is 776. The summed E-state index contributed by atoms with van der Waals surface area (Å²) < 4.78 is 5.90. The van der Waals surface area contributed by atoms with E-state index in [1.807, 2.05) is 6.08 Å². The van der Waals surface area contributed by atoms with Crippen molar-refractivity contribution < 1.29 is 24.2 Å². The topological polar surface area (TPSA) is 107 Å². The van der Waals surface area contributed by atoms with Gasteiger partial charge in [-0.05, 0) is 80.6 Å². The fraction of sp³-hybridized carbons (Fsp3) is 0.792. The van der Waals surface area contributed by atoms with E-state index in [0.29, 0.717) is 24.2 Å². The van der Waals surface area contributed by atoms with Gasteiger partial charge in [-0.25, -0.2) is 0 Å². The first-order valence-electron chi connectivity index (χ1n) is 11.6. The molecule has 3 saturated carbocycles. The maximum absolute atomic E-state index is 12.4. The Morgan fingerprint density at radius 3 is 2.67 bits per heavy atom. The Hall–Kier alpha value is -1.69. The van der Waals surface area contributed by atoms with Gasteiger partial charge in [0.2, 0.25) is 0 Å². The summed E-state index contributed by atoms with van der Waals surface area (Å²) in [5, 5.41) is 8.90. The van der Waals surface area contributed by atoms with Gasteiger partial charge < -0.3 is 15.6 Å². The molecule has 0 aromatic heterocycles. The number of hydrogen-bond acceptors (Lipinski definition) is 5. The highest BCUT2D eigenvalue weighted by Crippen LogP contribution is 2.65. The molecule has 0 heterocycles. The van der Waals surface area contributed by atoms with E-state index in [4.69, 9.17) is 15.6 Å². The van der Waals surface area contributed by atoms with Gasteiger partial charge in [0.1, 0.15) is 12.1 Å². The second-order valence-corrected chi connectivity index (χ2v) is 10.6. The molecular weight excluding hydrogens is 382 g/mol. The van der Waals surface area contributed by atoms with Gasteiger partial charge in [-0.2, -0.15) is 0 Å². The SMILES string of the molecule is C[C@]12CC[C@H]3C(CCC4=CC(=O)CC[C@@]43C)[C@@H]1CC[C@@H]2OC(=O)CC[C@H](N)C(=O)O. The molecule has 166 valence electrons. The molecule has 0 saturated heterocycles. The number of rotatable bonds is 5. The molecule has 4 aliphatic rings. The first kappa shape index (κ1) is 21.5. The highest BCUT2D eigenvalue weighted by atomic mass is 16.5. The average molecular weight is 418 g/mol. The van der Waals surface area contributed by atoms with Crippen LogP contribution in [0.25, 0.3) is 0 Å². The van der Waals surface area contributed by atoms with E-state index in [1.54, 1.807) is 0 Å². The fourth-order valence-corrected chi connectivity index (χ4v) is 7.32. The van der Waals surface area contributed by atoms with Crippen LogP contribution in [0.1, 0.15) is 78.1 Å². The summed E-state index contributed by atoms with van der Waals surface area (Å²) in [6.07, 6.45) is 9.95. The van der Waals surface area contributed by atoms with Crippen LogP contribution in [-0.2, 0) is 19.1 Å². The van der Waals surface area contributed by atoms with Gasteiger partial charge in [0.15, 0.2) is 5.78 Å². The lowest BCUT2D eigenvalue weighted by molar-refractivity contribution is -0.160. The molecular formula is C24H35NO5. The van der Waals surface area contributed by atoms with Gasteiger partial charge in [-0.3, -0.25) is 14.4 Å². The van der Waals surface area contributed by atoms with E-state index in [-0.39, 0.29) is 41.5 Å². The first-order valence-corrected chi connectivity index (χ1v) is 11.6. The van der Waals surface area contributed by atoms with Crippen molar-refractivity contribution in [1.29, 1.82) is 0 Å². The van der Waals surface area contributed by atoms with Crippen LogP contribution in [0.15, 0.2) is 11.6 Å². The third-order valence-electron chi connectivity index (χ3n) is 9.13. The lowest BCUT2D eigenvalue weighted by Gasteiger charge is -2.57. The minimum Gasteiger partial charge on any atom is -0.480 e. The molecule has 7 atom stereocenters. The van der Waals surface area contributed by atoms with Crippen molar-refractivity contribution in [2.75, 3.05) is 0 Å². The predicted octanol–water partition coefficient (Wildman–Crippen LogP) is 3.62. The maximum atomic E-state index is 12.4. The van der Waals surface area contributed by atoms with Crippen molar-refractivity contribution in [2.45, 2.75) is 90.2 Å². The van der Waals surface area contributed by atoms with Gasteiger partial charge in [0.25, 0.3) is 0 Å². The average Bonchev–Trinajstić information content (AvgIpc) is 3.03. The van der Waals surface area contributed by atoms with Gasteiger partial charge >= 0.3 is 11.9 Å². The highest BCUT2D eigenvalue weighted by molar-refractivity contribution is 5.91. The lowest BCUT2D eigenvalue weighted by atomic mass is 9.47. The number of ketones is 1. The van der Waals surface area contributed by atoms with Crippen molar-refractivity contribution in [1.82, 2.24) is 0 Å². The zero-order valence-corrected chi connectivity index (χ0v) is 18.2. The zero-order chi connectivity index (χ0) is 21.7. The summed E-state index contributed by atoms with van der Waals surface area (Å²) in [5.41, 5.74) is 7.04. The van der Waals surface area contributed by atoms with Crippen LogP contribution in [0.4, 0.5) is 0 Å². The smallest absolute Gasteiger partial charge is 0.320 e. The summed E-state index contributed by atoms with van der Waals surface area (Å²) in [6, 6.07) is -1.02. The highest BCUT2D eigenvalue weighted by Gasteiger charge is 2.59. The number of fused-ring (bicyclic) bond motifs is 5. The summed E-state index contributed by atoms with van der Waals surface area (Å²) in [5.74, 6) is 0.670. The molecule has 30 heavy (non-hydrogen) atoms. The number of ether oxygens (including phenoxy) is 1. The Labute approximate surface area is 178 Å². The predicted molar refractivity (Wildman–Crippen MR) is 111 cm³/mol. The standard InChI is InChI=1S/C24H35NO5/c1-23-11-9-15(26)13-14(23)3-4-16-17-5-7-20(24(17,2)12-10-18(16)23)30-21(27)8-6-19(25)22(28)29/h13,16-20H,3-12,25H2,1-2H3,(H,28,29)/t16?,17-,18-,19-,20-,23-,24-/m0/s1. The summed E-state index contributed by atoms with van der Waals surface area (Å²) in [7, 11) is 0. The van der Waals surface area contributed by atoms with Crippen molar-refractivity contribution in [3.63, 3.8) is 0 Å². The Balaban J connectivity index is 1.44. The fourth-order valence-electron chi connectivity index (χ4n) is 7.32. The molecule has 1 unspecified atom stereocenters. The number of carboxylic acid groups (broad SMARTS) is 1. The third kappa shape index (κ3) is 3.51. The summed E-state index contributed by atoms with van der Waals surface area (Å²) >= 11 is 0. The van der Waals surface area contributed by atoms with Crippen LogP contribution in [0.5, 0.6) is 0 Å². The molecule has 0 spiro atoms. The van der Waals surface area contributed by atoms with Crippen LogP contribution in [0, 0.1) is 28.6 Å². The molecule has 3 N–H and O–H groups in total. The van der Waals surface area contributed by atoms with Crippen LogP contribution in [-0.4, -0.2) is 35.0 Å². The number of carbonyl (C=O) groups excluding carboxylic acids is 2. The van der Waals surface area contributed by atoms with Crippen LogP contribution in [0.2, 0.25) is 0 Å². The van der Waals surface area contributed by atoms with Crippen LogP contribution >= 0.6 is 0 Å². The van der Waals surface area contributed by atoms with Crippen molar-refractivity contribution in [3.8, 4) is 0 Å². The number of carboxylic acids is 1. The molecule has 0 aliphatic heterocycles. The quantitative estimate of drug-likeness (QED) is 0.662. The molecule has 4 aliphatic carbocycles. The minimum atomic E-state index is -1.09. The maximum Gasteiger partial charge on any atom is 0.320 e. The molecule has 0 amide bonds. The van der Waals surface area contributed by atoms with E-state index in [2.05, 4.69) is 13.8 Å². The largest absolute Gasteiger partial charge is 0.480 e. The summed E-state index contributed by atoms with van der Waals surface area (Å²) in [4.78, 5) is 35.2. The third-order valence-corrected chi connectivity index (χ3v) is 9.13. The second-order valence-electron chi connectivity index (χ2n) is 10.6. The number of hydrogen-bond donors (Lipinski definition) is 2. The molecule has 0 aromatic carbocycles. The van der Waals surface area contributed by atoms with E-state index in [9.17, 15) is 14.4 Å². The zero-order valence-electron chi connectivity index (χ0n) is 18.2. The minimum absolute atomic E-state index is 0.00615. The number of allylic oxidation sites excluding steroid dienone is 1. The molecule has 0 bridgehead atoms. The van der Waals surface area contributed by atoms with E-state index < -0.39 is 12.0 Å². The van der Waals surface area contributed by atoms with E-state index >= 15 is 0 Å². The van der Waals surface area contributed by atoms with Gasteiger partial charge in [0.05, 0.1) is 0 Å². The normalized spacial score (nSPS) is 41.2. The van der Waals surface area contributed by atoms with Crippen LogP contribution < -0.4 is 5.73 Å². The number of carbonyl (C=O) groups is 3. The lowest BCUT2D eigenvalue weighted by Crippen LogP contribution is -2.51. The van der Waals surface area contributed by atoms with Gasteiger partial charge in [-0.15, -0.1) is 0 Å². The Kier molecular flexibility index (Phi) is 5.58. The van der Waals surface area contributed by atoms with Gasteiger partial charge in [0, 0.05) is 18.3 Å². The first-order chi connectivity index (χ1) is 14.1. The Morgan fingerprint density at radius 1 is 1.17 bits per heavy atom. The van der Waals surface area contributed by atoms with Crippen LogP contribution in [0.3, 0.4) is 0 Å². The number of nitrogens with two attached hydrogens (primary N) is 1. The Morgan fingerprint density at radius 2 is 1.93 bits per heavy atom. The van der Waals surface area contributed by atoms with Gasteiger partial charge in [-0.1, -0.05) is 19.4 Å². The molecule has 6 heteroatoms. The second kappa shape index (κ2) is 7.77. The number of aliphatic carboxylic acids is 1. The van der Waals surface area contributed by atoms with Crippen molar-refractivity contribution in [3.05, 3.63) is 11.6 Å². The monoisotopic (exact) mass is 417 g/mol. The number of esters is 1. The van der Waals surface area contributed by atoms with E-state index in [1.165, 1.54) is 5.57 Å². The summed E-state index contributed by atoms with van der Waals surface area (Å²) in [6.45, 7) is 4.67. The van der Waals surface area contributed by atoms with Crippen molar-refractivity contribution in [2.24, 2.45) is 34.3 Å². The van der Waals surface area contributed by atoms with E-state index in [0.717, 1.165) is 44.9 Å². The molecule has 3 fully saturated rings. The molecule has 6 nitrogen and oxygen atoms in total. The molecule has 4 rings (SSSR count). The molecule has 0 aromatic rings. The molecule has 0 radical (unpaired) electrons.